The van der Waals surface area contributed by atoms with Crippen molar-refractivity contribution >= 4 is 27.5 Å². The molecule has 98 valence electrons. The number of halogens is 1. The Morgan fingerprint density at radius 1 is 1.61 bits per heavy atom. The molecule has 4 nitrogen and oxygen atoms in total. The molecule has 1 atom stereocenters. The van der Waals surface area contributed by atoms with Gasteiger partial charge in [0.15, 0.2) is 0 Å². The third kappa shape index (κ3) is 3.80. The number of ether oxygens (including phenoxy) is 1. The topological polar surface area (TPSA) is 50.4 Å². The maximum atomic E-state index is 11.9. The van der Waals surface area contributed by atoms with Crippen LogP contribution in [0, 0.1) is 6.92 Å². The minimum absolute atomic E-state index is 0.00935. The first-order valence-corrected chi connectivity index (χ1v) is 6.83. The zero-order valence-electron chi connectivity index (χ0n) is 10.3. The number of aryl methyl sites for hydroxylation is 1. The van der Waals surface area contributed by atoms with E-state index >= 15 is 0 Å². The van der Waals surface area contributed by atoms with Crippen LogP contribution in [0.25, 0.3) is 0 Å². The molecule has 0 saturated carbocycles. The molecule has 0 spiro atoms. The Hall–Kier alpha value is -0.910. The van der Waals surface area contributed by atoms with Gasteiger partial charge in [-0.3, -0.25) is 4.79 Å². The molecule has 1 aliphatic heterocycles. The van der Waals surface area contributed by atoms with Crippen LogP contribution in [0.15, 0.2) is 22.7 Å². The highest BCUT2D eigenvalue weighted by Crippen LogP contribution is 2.21. The number of carbonyl (C=O) groups excluding carboxylic acids is 1. The summed E-state index contributed by atoms with van der Waals surface area (Å²) in [5, 5.41) is 6.13. The molecule has 2 rings (SSSR count). The lowest BCUT2D eigenvalue weighted by Crippen LogP contribution is -2.40. The molecule has 1 heterocycles. The molecule has 0 aliphatic carbocycles. The molecule has 1 unspecified atom stereocenters. The van der Waals surface area contributed by atoms with Crippen LogP contribution in [0.2, 0.25) is 0 Å². The van der Waals surface area contributed by atoms with Crippen LogP contribution in [0.4, 0.5) is 5.69 Å². The monoisotopic (exact) mass is 312 g/mol. The molecule has 18 heavy (non-hydrogen) atoms. The van der Waals surface area contributed by atoms with Crippen molar-refractivity contribution in [3.63, 3.8) is 0 Å². The Bertz CT molecular complexity index is 431. The second-order valence-electron chi connectivity index (χ2n) is 4.41. The van der Waals surface area contributed by atoms with Gasteiger partial charge in [0.1, 0.15) is 0 Å². The summed E-state index contributed by atoms with van der Waals surface area (Å²) in [4.78, 5) is 11.9. The highest BCUT2D eigenvalue weighted by atomic mass is 79.9. The normalized spacial score (nSPS) is 19.6. The van der Waals surface area contributed by atoms with E-state index in [1.807, 2.05) is 25.1 Å². The number of morpholine rings is 1. The van der Waals surface area contributed by atoms with Gasteiger partial charge >= 0.3 is 0 Å². The first-order valence-electron chi connectivity index (χ1n) is 6.03. The second kappa shape index (κ2) is 6.31. The lowest BCUT2D eigenvalue weighted by molar-refractivity contribution is -0.119. The number of benzene rings is 1. The lowest BCUT2D eigenvalue weighted by Gasteiger charge is -2.23. The number of rotatable bonds is 3. The summed E-state index contributed by atoms with van der Waals surface area (Å²) in [5.41, 5.74) is 1.90. The van der Waals surface area contributed by atoms with E-state index in [2.05, 4.69) is 26.6 Å². The van der Waals surface area contributed by atoms with E-state index < -0.39 is 0 Å². The smallest absolute Gasteiger partial charge is 0.227 e. The predicted octanol–water partition coefficient (Wildman–Crippen LogP) is 2.07. The van der Waals surface area contributed by atoms with Gasteiger partial charge in [0.2, 0.25) is 5.91 Å². The molecule has 2 N–H and O–H groups in total. The van der Waals surface area contributed by atoms with Crippen molar-refractivity contribution in [3.8, 4) is 0 Å². The molecular formula is C13H17BrN2O2. The van der Waals surface area contributed by atoms with Gasteiger partial charge in [-0.2, -0.15) is 0 Å². The average molecular weight is 313 g/mol. The standard InChI is InChI=1S/C13H17BrN2O2/c1-9-2-3-10(14)6-12(9)16-13(17)7-11-8-15-4-5-18-11/h2-3,6,11,15H,4-5,7-8H2,1H3,(H,16,17). The summed E-state index contributed by atoms with van der Waals surface area (Å²) in [6, 6.07) is 5.84. The quantitative estimate of drug-likeness (QED) is 0.898. The molecule has 1 saturated heterocycles. The van der Waals surface area contributed by atoms with Gasteiger partial charge in [0, 0.05) is 23.2 Å². The van der Waals surface area contributed by atoms with E-state index in [0.717, 1.165) is 28.8 Å². The van der Waals surface area contributed by atoms with Gasteiger partial charge in [0.05, 0.1) is 19.1 Å². The van der Waals surface area contributed by atoms with Crippen molar-refractivity contribution in [1.82, 2.24) is 5.32 Å². The molecule has 1 aromatic rings. The van der Waals surface area contributed by atoms with E-state index in [0.29, 0.717) is 13.0 Å². The summed E-state index contributed by atoms with van der Waals surface area (Å²) in [5.74, 6) is -0.00935. The highest BCUT2D eigenvalue weighted by molar-refractivity contribution is 9.10. The maximum absolute atomic E-state index is 11.9. The van der Waals surface area contributed by atoms with Crippen molar-refractivity contribution in [2.24, 2.45) is 0 Å². The summed E-state index contributed by atoms with van der Waals surface area (Å²) in [6.45, 7) is 4.25. The van der Waals surface area contributed by atoms with Gasteiger partial charge in [0.25, 0.3) is 0 Å². The molecule has 1 fully saturated rings. The first kappa shape index (κ1) is 13.5. The van der Waals surface area contributed by atoms with Gasteiger partial charge in [-0.1, -0.05) is 22.0 Å². The number of hydrogen-bond acceptors (Lipinski definition) is 3. The number of nitrogens with one attached hydrogen (secondary N) is 2. The predicted molar refractivity (Wildman–Crippen MR) is 74.7 cm³/mol. The SMILES string of the molecule is Cc1ccc(Br)cc1NC(=O)CC1CNCCO1. The fourth-order valence-electron chi connectivity index (χ4n) is 1.89. The van der Waals surface area contributed by atoms with Crippen molar-refractivity contribution in [1.29, 1.82) is 0 Å². The van der Waals surface area contributed by atoms with Crippen LogP contribution < -0.4 is 10.6 Å². The fraction of sp³-hybridized carbons (Fsp3) is 0.462. The van der Waals surface area contributed by atoms with Gasteiger partial charge in [-0.15, -0.1) is 0 Å². The number of anilines is 1. The van der Waals surface area contributed by atoms with Crippen LogP contribution in [0.3, 0.4) is 0 Å². The van der Waals surface area contributed by atoms with Gasteiger partial charge < -0.3 is 15.4 Å². The van der Waals surface area contributed by atoms with Crippen molar-refractivity contribution < 1.29 is 9.53 Å². The minimum atomic E-state index is -0.0220. The summed E-state index contributed by atoms with van der Waals surface area (Å²) >= 11 is 3.40. The average Bonchev–Trinajstić information content (AvgIpc) is 2.35. The number of amides is 1. The summed E-state index contributed by atoms with van der Waals surface area (Å²) in [6.07, 6.45) is 0.366. The van der Waals surface area contributed by atoms with Crippen molar-refractivity contribution in [2.45, 2.75) is 19.4 Å². The fourth-order valence-corrected chi connectivity index (χ4v) is 2.25. The van der Waals surface area contributed by atoms with E-state index in [1.165, 1.54) is 0 Å². The summed E-state index contributed by atoms with van der Waals surface area (Å²) in [7, 11) is 0. The largest absolute Gasteiger partial charge is 0.375 e. The van der Waals surface area contributed by atoms with E-state index in [-0.39, 0.29) is 12.0 Å². The van der Waals surface area contributed by atoms with E-state index in [4.69, 9.17) is 4.74 Å². The third-order valence-corrected chi connectivity index (χ3v) is 3.38. The van der Waals surface area contributed by atoms with Gasteiger partial charge in [-0.05, 0) is 24.6 Å². The molecule has 0 aromatic heterocycles. The summed E-state index contributed by atoms with van der Waals surface area (Å²) < 4.78 is 6.47. The van der Waals surface area contributed by atoms with Crippen LogP contribution in [-0.4, -0.2) is 31.7 Å². The number of hydrogen-bond donors (Lipinski definition) is 2. The number of carbonyl (C=O) groups is 1. The van der Waals surface area contributed by atoms with E-state index in [1.54, 1.807) is 0 Å². The zero-order chi connectivity index (χ0) is 13.0. The molecule has 1 amide bonds. The maximum Gasteiger partial charge on any atom is 0.227 e. The van der Waals surface area contributed by atoms with Crippen LogP contribution in [-0.2, 0) is 9.53 Å². The van der Waals surface area contributed by atoms with E-state index in [9.17, 15) is 4.79 Å². The van der Waals surface area contributed by atoms with Crippen LogP contribution >= 0.6 is 15.9 Å². The van der Waals surface area contributed by atoms with Crippen LogP contribution in [0.5, 0.6) is 0 Å². The van der Waals surface area contributed by atoms with Crippen molar-refractivity contribution in [3.05, 3.63) is 28.2 Å². The zero-order valence-corrected chi connectivity index (χ0v) is 11.9. The second-order valence-corrected chi connectivity index (χ2v) is 5.32. The third-order valence-electron chi connectivity index (χ3n) is 2.89. The van der Waals surface area contributed by atoms with Gasteiger partial charge in [-0.25, -0.2) is 0 Å². The molecular weight excluding hydrogens is 296 g/mol. The Morgan fingerprint density at radius 2 is 2.44 bits per heavy atom. The lowest BCUT2D eigenvalue weighted by atomic mass is 10.1. The Kier molecular flexibility index (Phi) is 4.74. The van der Waals surface area contributed by atoms with Crippen LogP contribution in [0.1, 0.15) is 12.0 Å². The Morgan fingerprint density at radius 3 is 3.17 bits per heavy atom. The molecule has 1 aromatic carbocycles. The molecule has 5 heteroatoms. The highest BCUT2D eigenvalue weighted by Gasteiger charge is 2.17. The Balaban J connectivity index is 1.92. The van der Waals surface area contributed by atoms with Crippen molar-refractivity contribution in [2.75, 3.05) is 25.0 Å². The Labute approximate surface area is 115 Å². The minimum Gasteiger partial charge on any atom is -0.375 e. The molecule has 0 radical (unpaired) electrons. The molecule has 0 bridgehead atoms. The first-order chi connectivity index (χ1) is 8.65. The molecule has 1 aliphatic rings.